The van der Waals surface area contributed by atoms with Crippen LogP contribution in [0.3, 0.4) is 0 Å². The fourth-order valence-electron chi connectivity index (χ4n) is 3.88. The predicted molar refractivity (Wildman–Crippen MR) is 145 cm³/mol. The molecule has 0 spiro atoms. The molecule has 3 rings (SSSR count). The highest BCUT2D eigenvalue weighted by atomic mass is 35.5. The molecule has 4 nitrogen and oxygen atoms in total. The van der Waals surface area contributed by atoms with Gasteiger partial charge in [-0.05, 0) is 84.3 Å². The molecule has 36 heavy (non-hydrogen) atoms. The van der Waals surface area contributed by atoms with E-state index in [2.05, 4.69) is 53.5 Å². The topological polar surface area (TPSA) is 53.2 Å². The number of carbonyl (C=O) groups excluding carboxylic acids is 1. The smallest absolute Gasteiger partial charge is 0.221 e. The Labute approximate surface area is 221 Å². The molecule has 0 aliphatic carbocycles. The van der Waals surface area contributed by atoms with Crippen LogP contribution in [0.5, 0.6) is 0 Å². The summed E-state index contributed by atoms with van der Waals surface area (Å²) in [4.78, 5) is 12.2. The second-order valence-electron chi connectivity index (χ2n) is 8.91. The van der Waals surface area contributed by atoms with E-state index in [4.69, 9.17) is 11.6 Å². The van der Waals surface area contributed by atoms with Crippen LogP contribution < -0.4 is 15.4 Å². The van der Waals surface area contributed by atoms with Crippen LogP contribution >= 0.6 is 23.5 Å². The summed E-state index contributed by atoms with van der Waals surface area (Å²) in [6.07, 6.45) is 1.45. The molecule has 3 N–H and O–H groups in total. The minimum Gasteiger partial charge on any atom is -0.325 e. The first-order chi connectivity index (χ1) is 17.2. The largest absolute Gasteiger partial charge is 0.325 e. The molecular weight excluding hydrogens is 500 g/mol. The maximum Gasteiger partial charge on any atom is 0.221 e. The van der Waals surface area contributed by atoms with Crippen molar-refractivity contribution in [1.29, 1.82) is 0 Å². The van der Waals surface area contributed by atoms with Gasteiger partial charge >= 0.3 is 0 Å². The lowest BCUT2D eigenvalue weighted by Crippen LogP contribution is -2.38. The highest BCUT2D eigenvalue weighted by Gasteiger charge is 2.19. The van der Waals surface area contributed by atoms with Gasteiger partial charge in [0.05, 0.1) is 10.7 Å². The molecular formula is C28H32ClF2N3OS. The van der Waals surface area contributed by atoms with Gasteiger partial charge in [-0.15, -0.1) is 0 Å². The number of nitrogens with one attached hydrogen (secondary N) is 3. The highest BCUT2D eigenvalue weighted by molar-refractivity contribution is 7.97. The molecule has 0 radical (unpaired) electrons. The van der Waals surface area contributed by atoms with Crippen molar-refractivity contribution >= 4 is 35.1 Å². The number of amides is 1. The second kappa shape index (κ2) is 13.7. The lowest BCUT2D eigenvalue weighted by molar-refractivity contribution is -0.114. The Morgan fingerprint density at radius 1 is 1.00 bits per heavy atom. The molecule has 0 fully saturated rings. The van der Waals surface area contributed by atoms with Crippen LogP contribution in [0.2, 0.25) is 5.02 Å². The van der Waals surface area contributed by atoms with Crippen LogP contribution in [-0.4, -0.2) is 18.5 Å². The first kappa shape index (κ1) is 28.1. The number of hydrogen-bond acceptors (Lipinski definition) is 4. The molecule has 8 heteroatoms. The van der Waals surface area contributed by atoms with Gasteiger partial charge in [-0.1, -0.05) is 49.7 Å². The average molecular weight is 532 g/mol. The number of aryl methyl sites for hydroxylation is 1. The van der Waals surface area contributed by atoms with E-state index in [-0.39, 0.29) is 17.9 Å². The quantitative estimate of drug-likeness (QED) is 0.226. The Bertz CT molecular complexity index is 1160. The molecule has 1 amide bonds. The van der Waals surface area contributed by atoms with Gasteiger partial charge in [0.2, 0.25) is 5.91 Å². The Morgan fingerprint density at radius 3 is 2.39 bits per heavy atom. The van der Waals surface area contributed by atoms with Crippen LogP contribution in [0.15, 0.2) is 65.6 Å². The minimum atomic E-state index is -0.585. The molecule has 0 saturated carbocycles. The van der Waals surface area contributed by atoms with Crippen molar-refractivity contribution in [2.75, 3.05) is 11.9 Å². The maximum absolute atomic E-state index is 13.8. The van der Waals surface area contributed by atoms with E-state index in [9.17, 15) is 13.6 Å². The number of anilines is 1. The molecule has 1 unspecified atom stereocenters. The lowest BCUT2D eigenvalue weighted by Gasteiger charge is -2.26. The van der Waals surface area contributed by atoms with Crippen molar-refractivity contribution in [1.82, 2.24) is 10.0 Å². The summed E-state index contributed by atoms with van der Waals surface area (Å²) in [5.41, 5.74) is 3.66. The molecule has 2 atom stereocenters. The predicted octanol–water partition coefficient (Wildman–Crippen LogP) is 6.77. The third-order valence-corrected chi connectivity index (χ3v) is 7.06. The van der Waals surface area contributed by atoms with Crippen molar-refractivity contribution < 1.29 is 13.6 Å². The Hall–Kier alpha value is -2.45. The Balaban J connectivity index is 1.67. The lowest BCUT2D eigenvalue weighted by atomic mass is 9.95. The summed E-state index contributed by atoms with van der Waals surface area (Å²) in [5, 5.41) is 6.64. The van der Waals surface area contributed by atoms with Gasteiger partial charge in [0.25, 0.3) is 0 Å². The molecule has 0 bridgehead atoms. The van der Waals surface area contributed by atoms with Gasteiger partial charge < -0.3 is 10.6 Å². The summed E-state index contributed by atoms with van der Waals surface area (Å²) in [7, 11) is 0. The number of benzene rings is 3. The van der Waals surface area contributed by atoms with E-state index < -0.39 is 11.6 Å². The van der Waals surface area contributed by atoms with Gasteiger partial charge in [0, 0.05) is 30.5 Å². The average Bonchev–Trinajstić information content (AvgIpc) is 2.82. The zero-order valence-electron chi connectivity index (χ0n) is 20.7. The first-order valence-electron chi connectivity index (χ1n) is 12.0. The standard InChI is InChI=1S/C28H32ClF2N3OS/c1-4-20-6-5-7-21(10-20)17-32-16-18(2)28(13-22-11-23(30)14-24(31)12-22)34-36-25-8-9-27(26(29)15-25)33-19(3)35/h5-12,14-15,18,28,32,34H,4,13,16-17H2,1-3H3,(H,33,35)/t18?,28-/m0/s1. The number of carbonyl (C=O) groups is 1. The van der Waals surface area contributed by atoms with Crippen molar-refractivity contribution in [3.63, 3.8) is 0 Å². The summed E-state index contributed by atoms with van der Waals surface area (Å²) in [6.45, 7) is 7.13. The molecule has 0 aliphatic rings. The normalized spacial score (nSPS) is 12.8. The minimum absolute atomic E-state index is 0.0838. The van der Waals surface area contributed by atoms with E-state index in [1.807, 2.05) is 6.07 Å². The fourth-order valence-corrected chi connectivity index (χ4v) is 5.09. The number of hydrogen-bond donors (Lipinski definition) is 3. The third-order valence-electron chi connectivity index (χ3n) is 5.84. The number of halogens is 3. The zero-order chi connectivity index (χ0) is 26.1. The van der Waals surface area contributed by atoms with Crippen LogP contribution in [0.25, 0.3) is 0 Å². The van der Waals surface area contributed by atoms with E-state index in [1.54, 1.807) is 12.1 Å². The summed E-state index contributed by atoms with van der Waals surface area (Å²) >= 11 is 7.71. The van der Waals surface area contributed by atoms with E-state index in [1.165, 1.54) is 42.1 Å². The fraction of sp³-hybridized carbons (Fsp3) is 0.321. The highest BCUT2D eigenvalue weighted by Crippen LogP contribution is 2.28. The first-order valence-corrected chi connectivity index (χ1v) is 13.2. The monoisotopic (exact) mass is 531 g/mol. The van der Waals surface area contributed by atoms with Crippen molar-refractivity contribution in [2.45, 2.75) is 51.1 Å². The Kier molecular flexibility index (Phi) is 10.7. The van der Waals surface area contributed by atoms with Gasteiger partial charge in [0.15, 0.2) is 0 Å². The summed E-state index contributed by atoms with van der Waals surface area (Å²) in [6, 6.07) is 17.4. The second-order valence-corrected chi connectivity index (χ2v) is 10.2. The molecule has 0 aromatic heterocycles. The molecule has 3 aromatic carbocycles. The van der Waals surface area contributed by atoms with E-state index >= 15 is 0 Å². The van der Waals surface area contributed by atoms with Crippen molar-refractivity contribution in [3.05, 3.63) is 94.0 Å². The van der Waals surface area contributed by atoms with Crippen molar-refractivity contribution in [2.24, 2.45) is 5.92 Å². The molecule has 3 aromatic rings. The van der Waals surface area contributed by atoms with Gasteiger partial charge in [-0.25, -0.2) is 8.78 Å². The van der Waals surface area contributed by atoms with Crippen molar-refractivity contribution in [3.8, 4) is 0 Å². The van der Waals surface area contributed by atoms with Crippen LogP contribution in [-0.2, 0) is 24.2 Å². The van der Waals surface area contributed by atoms with E-state index in [0.29, 0.717) is 29.2 Å². The molecule has 192 valence electrons. The maximum atomic E-state index is 13.8. The van der Waals surface area contributed by atoms with Gasteiger partial charge in [-0.3, -0.25) is 9.52 Å². The molecule has 0 heterocycles. The summed E-state index contributed by atoms with van der Waals surface area (Å²) in [5.74, 6) is -1.22. The zero-order valence-corrected chi connectivity index (χ0v) is 22.3. The van der Waals surface area contributed by atoms with Crippen LogP contribution in [0.1, 0.15) is 37.5 Å². The number of rotatable bonds is 12. The van der Waals surface area contributed by atoms with Gasteiger partial charge in [0.1, 0.15) is 11.6 Å². The van der Waals surface area contributed by atoms with Gasteiger partial charge in [-0.2, -0.15) is 0 Å². The summed E-state index contributed by atoms with van der Waals surface area (Å²) < 4.78 is 31.1. The molecule has 0 saturated heterocycles. The van der Waals surface area contributed by atoms with E-state index in [0.717, 1.165) is 23.9 Å². The third kappa shape index (κ3) is 8.89. The molecule has 0 aliphatic heterocycles. The Morgan fingerprint density at radius 2 is 1.72 bits per heavy atom. The van der Waals surface area contributed by atoms with Crippen LogP contribution in [0.4, 0.5) is 14.5 Å². The SMILES string of the molecule is CCc1cccc(CNCC(C)[C@H](Cc2cc(F)cc(F)c2)NSc2ccc(NC(C)=O)c(Cl)c2)c1. The van der Waals surface area contributed by atoms with Crippen LogP contribution in [0, 0.1) is 17.6 Å².